The zero-order chi connectivity index (χ0) is 22.9. The number of carboxylic acids is 1. The molecule has 0 spiro atoms. The molecule has 1 aromatic heterocycles. The van der Waals surface area contributed by atoms with Gasteiger partial charge in [-0.1, -0.05) is 24.3 Å². The summed E-state index contributed by atoms with van der Waals surface area (Å²) in [6, 6.07) is 13.4. The number of rotatable bonds is 7. The number of benzene rings is 2. The molecule has 0 saturated carbocycles. The third-order valence-corrected chi connectivity index (χ3v) is 7.91. The fourth-order valence-electron chi connectivity index (χ4n) is 3.94. The van der Waals surface area contributed by atoms with Crippen LogP contribution in [-0.4, -0.2) is 39.7 Å². The van der Waals surface area contributed by atoms with Crippen molar-refractivity contribution >= 4 is 26.8 Å². The van der Waals surface area contributed by atoms with Crippen LogP contribution in [0.25, 0.3) is 11.1 Å². The highest BCUT2D eigenvalue weighted by molar-refractivity contribution is 7.89. The Balaban J connectivity index is 1.55. The van der Waals surface area contributed by atoms with Gasteiger partial charge in [0.1, 0.15) is 6.54 Å². The third kappa shape index (κ3) is 4.67. The predicted molar refractivity (Wildman–Crippen MR) is 120 cm³/mol. The van der Waals surface area contributed by atoms with Gasteiger partial charge in [-0.25, -0.2) is 13.1 Å². The summed E-state index contributed by atoms with van der Waals surface area (Å²) in [5, 5.41) is 13.2. The van der Waals surface area contributed by atoms with Crippen LogP contribution in [0.3, 0.4) is 0 Å². The van der Waals surface area contributed by atoms with Gasteiger partial charge in [0.05, 0.1) is 17.1 Å². The standard InChI is InChI=1S/C22H23N3O5S2/c1-31(28)17-5-2-4-16(12-17)15-8-10-18(11-9-15)32(29,30)24-20-6-3-7-21-19(20)13-23-25(21)14-22(26)27/h2,4-5,8-13,20,24H,3,6-7,14H2,1H3,(H,26,27)/t20-,31?/m1/s1. The minimum Gasteiger partial charge on any atom is -0.480 e. The summed E-state index contributed by atoms with van der Waals surface area (Å²) in [4.78, 5) is 11.9. The molecular formula is C22H23N3O5S2. The van der Waals surface area contributed by atoms with Crippen LogP contribution < -0.4 is 4.72 Å². The van der Waals surface area contributed by atoms with E-state index >= 15 is 0 Å². The summed E-state index contributed by atoms with van der Waals surface area (Å²) in [5.41, 5.74) is 3.17. The largest absolute Gasteiger partial charge is 0.480 e. The first-order valence-corrected chi connectivity index (χ1v) is 13.1. The molecule has 3 aromatic rings. The molecule has 32 heavy (non-hydrogen) atoms. The minimum atomic E-state index is -3.79. The van der Waals surface area contributed by atoms with Crippen molar-refractivity contribution in [1.82, 2.24) is 14.5 Å². The summed E-state index contributed by atoms with van der Waals surface area (Å²) in [6.45, 7) is -0.247. The van der Waals surface area contributed by atoms with Crippen molar-refractivity contribution in [3.63, 3.8) is 0 Å². The number of aliphatic carboxylic acids is 1. The minimum absolute atomic E-state index is 0.140. The van der Waals surface area contributed by atoms with Crippen molar-refractivity contribution in [2.24, 2.45) is 0 Å². The van der Waals surface area contributed by atoms with Gasteiger partial charge >= 0.3 is 5.97 Å². The quantitative estimate of drug-likeness (QED) is 0.545. The highest BCUT2D eigenvalue weighted by Gasteiger charge is 2.29. The fraction of sp³-hybridized carbons (Fsp3) is 0.273. The number of hydrogen-bond donors (Lipinski definition) is 2. The van der Waals surface area contributed by atoms with Crippen LogP contribution in [0.2, 0.25) is 0 Å². The average molecular weight is 474 g/mol. The SMILES string of the molecule is CS(=O)c1cccc(-c2ccc(S(=O)(=O)N[C@@H]3CCCc4c3cnn4CC(=O)O)cc2)c1. The molecular weight excluding hydrogens is 450 g/mol. The van der Waals surface area contributed by atoms with Gasteiger partial charge < -0.3 is 5.11 Å². The number of carbonyl (C=O) groups is 1. The molecule has 2 aromatic carbocycles. The van der Waals surface area contributed by atoms with Crippen LogP contribution in [0.15, 0.2) is 64.5 Å². The second-order valence-electron chi connectivity index (χ2n) is 7.67. The smallest absolute Gasteiger partial charge is 0.325 e. The predicted octanol–water partition coefficient (Wildman–Crippen LogP) is 2.73. The molecule has 1 unspecified atom stereocenters. The van der Waals surface area contributed by atoms with E-state index in [0.717, 1.165) is 28.8 Å². The lowest BCUT2D eigenvalue weighted by Gasteiger charge is -2.24. The third-order valence-electron chi connectivity index (χ3n) is 5.51. The zero-order valence-corrected chi connectivity index (χ0v) is 19.0. The Bertz CT molecular complexity index is 1280. The molecule has 0 saturated heterocycles. The molecule has 0 amide bonds. The topological polar surface area (TPSA) is 118 Å². The summed E-state index contributed by atoms with van der Waals surface area (Å²) in [5.74, 6) is -0.991. The first kappa shape index (κ1) is 22.4. The highest BCUT2D eigenvalue weighted by atomic mass is 32.2. The molecule has 1 aliphatic carbocycles. The number of nitrogens with zero attached hydrogens (tertiary/aromatic N) is 2. The number of carboxylic acid groups (broad SMARTS) is 1. The fourth-order valence-corrected chi connectivity index (χ4v) is 5.75. The highest BCUT2D eigenvalue weighted by Crippen LogP contribution is 2.31. The van der Waals surface area contributed by atoms with E-state index in [9.17, 15) is 17.4 Å². The van der Waals surface area contributed by atoms with Crippen molar-refractivity contribution in [2.45, 2.75) is 41.6 Å². The molecule has 1 heterocycles. The van der Waals surface area contributed by atoms with E-state index in [4.69, 9.17) is 5.11 Å². The Labute approximate surface area is 188 Å². The maximum atomic E-state index is 13.0. The second kappa shape index (κ2) is 8.97. The Hall–Kier alpha value is -2.82. The van der Waals surface area contributed by atoms with E-state index in [2.05, 4.69) is 9.82 Å². The van der Waals surface area contributed by atoms with Gasteiger partial charge in [0.2, 0.25) is 10.0 Å². The van der Waals surface area contributed by atoms with Crippen LogP contribution in [-0.2, 0) is 38.6 Å². The number of sulfonamides is 1. The van der Waals surface area contributed by atoms with Crippen molar-refractivity contribution < 1.29 is 22.5 Å². The van der Waals surface area contributed by atoms with Crippen LogP contribution in [0, 0.1) is 0 Å². The monoisotopic (exact) mass is 473 g/mol. The van der Waals surface area contributed by atoms with Gasteiger partial charge in [0, 0.05) is 33.2 Å². The molecule has 0 fully saturated rings. The van der Waals surface area contributed by atoms with E-state index in [1.54, 1.807) is 42.8 Å². The molecule has 1 aliphatic rings. The molecule has 2 atom stereocenters. The molecule has 2 N–H and O–H groups in total. The van der Waals surface area contributed by atoms with E-state index in [0.29, 0.717) is 17.7 Å². The molecule has 168 valence electrons. The average Bonchev–Trinajstić information content (AvgIpc) is 3.17. The van der Waals surface area contributed by atoms with Crippen molar-refractivity contribution in [2.75, 3.05) is 6.26 Å². The van der Waals surface area contributed by atoms with Crippen LogP contribution in [0.4, 0.5) is 0 Å². The first-order valence-electron chi connectivity index (χ1n) is 10.1. The Morgan fingerprint density at radius 3 is 2.66 bits per heavy atom. The number of nitrogens with one attached hydrogen (secondary N) is 1. The van der Waals surface area contributed by atoms with Crippen LogP contribution >= 0.6 is 0 Å². The molecule has 10 heteroatoms. The molecule has 4 rings (SSSR count). The number of fused-ring (bicyclic) bond motifs is 1. The van der Waals surface area contributed by atoms with E-state index in [1.165, 1.54) is 4.68 Å². The lowest BCUT2D eigenvalue weighted by atomic mass is 9.94. The summed E-state index contributed by atoms with van der Waals surface area (Å²) in [6.07, 6.45) is 5.18. The Kier molecular flexibility index (Phi) is 6.27. The lowest BCUT2D eigenvalue weighted by molar-refractivity contribution is -0.137. The van der Waals surface area contributed by atoms with Crippen molar-refractivity contribution in [3.05, 3.63) is 66.0 Å². The Morgan fingerprint density at radius 1 is 1.22 bits per heavy atom. The molecule has 0 radical (unpaired) electrons. The normalized spacial score (nSPS) is 17.0. The second-order valence-corrected chi connectivity index (χ2v) is 10.8. The van der Waals surface area contributed by atoms with Crippen LogP contribution in [0.5, 0.6) is 0 Å². The number of aromatic nitrogens is 2. The maximum Gasteiger partial charge on any atom is 0.325 e. The summed E-state index contributed by atoms with van der Waals surface area (Å²) < 4.78 is 41.9. The van der Waals surface area contributed by atoms with E-state index in [1.807, 2.05) is 18.2 Å². The zero-order valence-electron chi connectivity index (χ0n) is 17.4. The van der Waals surface area contributed by atoms with Gasteiger partial charge in [-0.05, 0) is 54.7 Å². The van der Waals surface area contributed by atoms with Gasteiger partial charge in [-0.3, -0.25) is 13.7 Å². The molecule has 0 aliphatic heterocycles. The van der Waals surface area contributed by atoms with Gasteiger partial charge in [0.15, 0.2) is 0 Å². The van der Waals surface area contributed by atoms with Gasteiger partial charge in [-0.2, -0.15) is 5.10 Å². The van der Waals surface area contributed by atoms with E-state index in [-0.39, 0.29) is 11.4 Å². The van der Waals surface area contributed by atoms with Crippen molar-refractivity contribution in [1.29, 1.82) is 0 Å². The van der Waals surface area contributed by atoms with Gasteiger partial charge in [0.25, 0.3) is 0 Å². The summed E-state index contributed by atoms with van der Waals surface area (Å²) >= 11 is 0. The van der Waals surface area contributed by atoms with Crippen molar-refractivity contribution in [3.8, 4) is 11.1 Å². The number of hydrogen-bond acceptors (Lipinski definition) is 5. The Morgan fingerprint density at radius 2 is 1.97 bits per heavy atom. The summed E-state index contributed by atoms with van der Waals surface area (Å²) in [7, 11) is -4.89. The van der Waals surface area contributed by atoms with Crippen LogP contribution in [0.1, 0.15) is 30.1 Å². The molecule has 0 bridgehead atoms. The van der Waals surface area contributed by atoms with Gasteiger partial charge in [-0.15, -0.1) is 0 Å². The van der Waals surface area contributed by atoms with E-state index < -0.39 is 32.8 Å². The first-order chi connectivity index (χ1) is 15.2. The lowest BCUT2D eigenvalue weighted by Crippen LogP contribution is -2.31. The maximum absolute atomic E-state index is 13.0. The molecule has 8 nitrogen and oxygen atoms in total.